The Bertz CT molecular complexity index is 543. The predicted molar refractivity (Wildman–Crippen MR) is 79.9 cm³/mol. The lowest BCUT2D eigenvalue weighted by molar-refractivity contribution is -0.158. The van der Waals surface area contributed by atoms with Crippen molar-refractivity contribution in [1.29, 1.82) is 0 Å². The smallest absolute Gasteiger partial charge is 0.328 e. The van der Waals surface area contributed by atoms with Crippen LogP contribution >= 0.6 is 0 Å². The largest absolute Gasteiger partial charge is 0.491 e. The molecule has 0 aromatic heterocycles. The van der Waals surface area contributed by atoms with Gasteiger partial charge in [-0.1, -0.05) is 12.1 Å². The number of carbonyl (C=O) groups is 2. The van der Waals surface area contributed by atoms with E-state index in [1.54, 1.807) is 0 Å². The normalized spacial score (nSPS) is 18.3. The second-order valence-corrected chi connectivity index (χ2v) is 5.51. The Balaban J connectivity index is 2.06. The number of amides is 1. The number of hydrogen-bond donors (Lipinski definition) is 1. The van der Waals surface area contributed by atoms with E-state index in [4.69, 9.17) is 9.47 Å². The van der Waals surface area contributed by atoms with Crippen LogP contribution in [0.3, 0.4) is 0 Å². The molecule has 1 aliphatic heterocycles. The van der Waals surface area contributed by atoms with Crippen LogP contribution in [0.1, 0.15) is 19.4 Å². The standard InChI is InChI=1S/C16H21NO5/c1-11(2)22-13-5-3-4-12(8-13)9-15(18)17-6-7-21-10-14(17)16(19)20/h3-5,8,11,14H,6-7,9-10H2,1-2H3,(H,19,20). The number of aliphatic carboxylic acids is 1. The highest BCUT2D eigenvalue weighted by molar-refractivity contribution is 5.85. The molecule has 6 heteroatoms. The van der Waals surface area contributed by atoms with E-state index >= 15 is 0 Å². The van der Waals surface area contributed by atoms with Crippen molar-refractivity contribution < 1.29 is 24.2 Å². The number of hydrogen-bond acceptors (Lipinski definition) is 4. The SMILES string of the molecule is CC(C)Oc1cccc(CC(=O)N2CCOCC2C(=O)O)c1. The average molecular weight is 307 g/mol. The molecule has 0 aliphatic carbocycles. The first-order valence-corrected chi connectivity index (χ1v) is 7.33. The molecule has 1 unspecified atom stereocenters. The second-order valence-electron chi connectivity index (χ2n) is 5.51. The zero-order chi connectivity index (χ0) is 16.1. The summed E-state index contributed by atoms with van der Waals surface area (Å²) in [5, 5.41) is 9.17. The third kappa shape index (κ3) is 4.21. The molecule has 1 aromatic carbocycles. The van der Waals surface area contributed by atoms with Gasteiger partial charge >= 0.3 is 5.97 Å². The number of carbonyl (C=O) groups excluding carboxylic acids is 1. The molecule has 0 bridgehead atoms. The number of carboxylic acids is 1. The predicted octanol–water partition coefficient (Wildman–Crippen LogP) is 1.33. The Morgan fingerprint density at radius 3 is 2.91 bits per heavy atom. The van der Waals surface area contributed by atoms with Gasteiger partial charge in [0.1, 0.15) is 5.75 Å². The van der Waals surface area contributed by atoms with Crippen LogP contribution in [-0.2, 0) is 20.7 Å². The van der Waals surface area contributed by atoms with Gasteiger partial charge in [-0.25, -0.2) is 4.79 Å². The molecule has 1 saturated heterocycles. The Kier molecular flexibility index (Phi) is 5.38. The third-order valence-corrected chi connectivity index (χ3v) is 3.36. The highest BCUT2D eigenvalue weighted by Crippen LogP contribution is 2.17. The first-order valence-electron chi connectivity index (χ1n) is 7.33. The fourth-order valence-corrected chi connectivity index (χ4v) is 2.38. The number of carboxylic acid groups (broad SMARTS) is 1. The molecule has 6 nitrogen and oxygen atoms in total. The van der Waals surface area contributed by atoms with Gasteiger partial charge in [0.15, 0.2) is 6.04 Å². The van der Waals surface area contributed by atoms with Gasteiger partial charge in [0.2, 0.25) is 5.91 Å². The number of nitrogens with zero attached hydrogens (tertiary/aromatic N) is 1. The summed E-state index contributed by atoms with van der Waals surface area (Å²) < 4.78 is 10.7. The molecule has 1 heterocycles. The molecule has 0 radical (unpaired) electrons. The van der Waals surface area contributed by atoms with E-state index in [1.807, 2.05) is 38.1 Å². The van der Waals surface area contributed by atoms with Gasteiger partial charge in [-0.3, -0.25) is 4.79 Å². The minimum atomic E-state index is -1.04. The number of rotatable bonds is 5. The second kappa shape index (κ2) is 7.26. The summed E-state index contributed by atoms with van der Waals surface area (Å²) in [6.07, 6.45) is 0.209. The maximum Gasteiger partial charge on any atom is 0.328 e. The number of morpholine rings is 1. The molecule has 22 heavy (non-hydrogen) atoms. The fourth-order valence-electron chi connectivity index (χ4n) is 2.38. The summed E-state index contributed by atoms with van der Waals surface area (Å²) in [6, 6.07) is 6.41. The molecule has 1 aromatic rings. The molecule has 0 saturated carbocycles. The lowest BCUT2D eigenvalue weighted by Gasteiger charge is -2.33. The monoisotopic (exact) mass is 307 g/mol. The van der Waals surface area contributed by atoms with Gasteiger partial charge in [-0.05, 0) is 31.5 Å². The van der Waals surface area contributed by atoms with E-state index < -0.39 is 12.0 Å². The van der Waals surface area contributed by atoms with E-state index in [0.717, 1.165) is 5.56 Å². The molecular weight excluding hydrogens is 286 g/mol. The minimum absolute atomic E-state index is 0.0393. The van der Waals surface area contributed by atoms with Gasteiger partial charge in [-0.15, -0.1) is 0 Å². The van der Waals surface area contributed by atoms with Crippen LogP contribution in [0.25, 0.3) is 0 Å². The molecule has 1 amide bonds. The van der Waals surface area contributed by atoms with Gasteiger partial charge in [-0.2, -0.15) is 0 Å². The van der Waals surface area contributed by atoms with Gasteiger partial charge < -0.3 is 19.5 Å². The van der Waals surface area contributed by atoms with E-state index in [0.29, 0.717) is 18.9 Å². The van der Waals surface area contributed by atoms with E-state index in [9.17, 15) is 14.7 Å². The molecule has 1 fully saturated rings. The van der Waals surface area contributed by atoms with Crippen molar-refractivity contribution >= 4 is 11.9 Å². The summed E-state index contributed by atoms with van der Waals surface area (Å²) >= 11 is 0. The zero-order valence-corrected chi connectivity index (χ0v) is 12.8. The molecule has 1 aliphatic rings. The van der Waals surface area contributed by atoms with Crippen molar-refractivity contribution in [3.05, 3.63) is 29.8 Å². The van der Waals surface area contributed by atoms with Crippen LogP contribution in [0.15, 0.2) is 24.3 Å². The fraction of sp³-hybridized carbons (Fsp3) is 0.500. The quantitative estimate of drug-likeness (QED) is 0.888. The lowest BCUT2D eigenvalue weighted by Crippen LogP contribution is -2.53. The Morgan fingerprint density at radius 1 is 1.45 bits per heavy atom. The molecule has 2 rings (SSSR count). The Morgan fingerprint density at radius 2 is 2.23 bits per heavy atom. The highest BCUT2D eigenvalue weighted by Gasteiger charge is 2.32. The zero-order valence-electron chi connectivity index (χ0n) is 12.8. The molecule has 120 valence electrons. The summed E-state index contributed by atoms with van der Waals surface area (Å²) in [6.45, 7) is 4.58. The molecule has 1 N–H and O–H groups in total. The topological polar surface area (TPSA) is 76.1 Å². The average Bonchev–Trinajstić information content (AvgIpc) is 2.46. The van der Waals surface area contributed by atoms with Crippen LogP contribution in [-0.4, -0.2) is 53.8 Å². The van der Waals surface area contributed by atoms with Crippen LogP contribution in [0.2, 0.25) is 0 Å². The Hall–Kier alpha value is -2.08. The maximum absolute atomic E-state index is 12.4. The van der Waals surface area contributed by atoms with E-state index in [-0.39, 0.29) is 25.0 Å². The van der Waals surface area contributed by atoms with E-state index in [1.165, 1.54) is 4.90 Å². The summed E-state index contributed by atoms with van der Waals surface area (Å²) in [4.78, 5) is 25.0. The van der Waals surface area contributed by atoms with Crippen molar-refractivity contribution in [3.63, 3.8) is 0 Å². The van der Waals surface area contributed by atoms with Crippen molar-refractivity contribution in [1.82, 2.24) is 4.90 Å². The van der Waals surface area contributed by atoms with Crippen LogP contribution in [0.5, 0.6) is 5.75 Å². The third-order valence-electron chi connectivity index (χ3n) is 3.36. The van der Waals surface area contributed by atoms with Crippen molar-refractivity contribution in [2.75, 3.05) is 19.8 Å². The van der Waals surface area contributed by atoms with Crippen LogP contribution in [0.4, 0.5) is 0 Å². The maximum atomic E-state index is 12.4. The first-order chi connectivity index (χ1) is 10.5. The van der Waals surface area contributed by atoms with Crippen LogP contribution in [0, 0.1) is 0 Å². The van der Waals surface area contributed by atoms with Gasteiger partial charge in [0.25, 0.3) is 0 Å². The molecule has 1 atom stereocenters. The summed E-state index contributed by atoms with van der Waals surface area (Å²) in [5.41, 5.74) is 0.804. The van der Waals surface area contributed by atoms with Gasteiger partial charge in [0, 0.05) is 6.54 Å². The summed E-state index contributed by atoms with van der Waals surface area (Å²) in [7, 11) is 0. The Labute approximate surface area is 129 Å². The van der Waals surface area contributed by atoms with Crippen LogP contribution < -0.4 is 4.74 Å². The first kappa shape index (κ1) is 16.3. The summed E-state index contributed by atoms with van der Waals surface area (Å²) in [5.74, 6) is -0.542. The number of benzene rings is 1. The van der Waals surface area contributed by atoms with Crippen molar-refractivity contribution in [2.45, 2.75) is 32.4 Å². The van der Waals surface area contributed by atoms with Crippen molar-refractivity contribution in [2.24, 2.45) is 0 Å². The lowest BCUT2D eigenvalue weighted by atomic mass is 10.1. The molecule has 0 spiro atoms. The molecular formula is C16H21NO5. The van der Waals surface area contributed by atoms with E-state index in [2.05, 4.69) is 0 Å². The van der Waals surface area contributed by atoms with Crippen molar-refractivity contribution in [3.8, 4) is 5.75 Å². The van der Waals surface area contributed by atoms with Gasteiger partial charge in [0.05, 0.1) is 25.7 Å². The number of ether oxygens (including phenoxy) is 2. The highest BCUT2D eigenvalue weighted by atomic mass is 16.5. The minimum Gasteiger partial charge on any atom is -0.491 e.